The molecular formula is C24H31N5O3. The van der Waals surface area contributed by atoms with Crippen molar-refractivity contribution in [3.05, 3.63) is 52.7 Å². The lowest BCUT2D eigenvalue weighted by molar-refractivity contribution is -0.127. The van der Waals surface area contributed by atoms with Crippen molar-refractivity contribution in [1.29, 1.82) is 0 Å². The largest absolute Gasteiger partial charge is 0.467 e. The van der Waals surface area contributed by atoms with E-state index in [1.54, 1.807) is 12.0 Å². The van der Waals surface area contributed by atoms with Gasteiger partial charge in [-0.3, -0.25) is 4.79 Å². The third kappa shape index (κ3) is 4.14. The van der Waals surface area contributed by atoms with Gasteiger partial charge in [0.25, 0.3) is 5.91 Å². The molecule has 8 nitrogen and oxygen atoms in total. The van der Waals surface area contributed by atoms with Gasteiger partial charge in [0.05, 0.1) is 26.0 Å². The van der Waals surface area contributed by atoms with Crippen LogP contribution in [0.25, 0.3) is 0 Å². The van der Waals surface area contributed by atoms with Crippen LogP contribution in [0, 0.1) is 13.8 Å². The first-order valence-electron chi connectivity index (χ1n) is 11.0. The van der Waals surface area contributed by atoms with E-state index in [1.165, 1.54) is 16.8 Å². The minimum atomic E-state index is -0.313. The average molecular weight is 438 g/mol. The first-order valence-corrected chi connectivity index (χ1v) is 11.0. The van der Waals surface area contributed by atoms with Crippen molar-refractivity contribution in [3.8, 4) is 6.01 Å². The van der Waals surface area contributed by atoms with Crippen LogP contribution >= 0.6 is 0 Å². The lowest BCUT2D eigenvalue weighted by Crippen LogP contribution is -2.50. The summed E-state index contributed by atoms with van der Waals surface area (Å²) in [6.45, 7) is 11.7. The second-order valence-electron chi connectivity index (χ2n) is 8.39. The maximum Gasteiger partial charge on any atom is 0.318 e. The summed E-state index contributed by atoms with van der Waals surface area (Å²) in [4.78, 5) is 28.0. The second-order valence-corrected chi connectivity index (χ2v) is 8.39. The van der Waals surface area contributed by atoms with Crippen LogP contribution in [0.1, 0.15) is 22.4 Å². The van der Waals surface area contributed by atoms with Crippen LogP contribution in [0.2, 0.25) is 0 Å². The van der Waals surface area contributed by atoms with Gasteiger partial charge in [0.1, 0.15) is 5.82 Å². The van der Waals surface area contributed by atoms with Gasteiger partial charge >= 0.3 is 6.01 Å². The number of anilines is 2. The molecule has 4 rings (SSSR count). The average Bonchev–Trinajstić information content (AvgIpc) is 2.83. The number of nitrogens with zero attached hydrogens (tertiary/aromatic N) is 5. The van der Waals surface area contributed by atoms with Crippen molar-refractivity contribution in [2.24, 2.45) is 0 Å². The summed E-state index contributed by atoms with van der Waals surface area (Å²) in [5.41, 5.74) is 6.20. The summed E-state index contributed by atoms with van der Waals surface area (Å²) >= 11 is 0. The number of aliphatic hydroxyl groups excluding tert-OH is 1. The van der Waals surface area contributed by atoms with Crippen LogP contribution in [-0.4, -0.2) is 72.3 Å². The second kappa shape index (κ2) is 9.16. The monoisotopic (exact) mass is 437 g/mol. The number of carbonyl (C=O) groups is 1. The van der Waals surface area contributed by atoms with Crippen molar-refractivity contribution in [3.63, 3.8) is 0 Å². The van der Waals surface area contributed by atoms with Crippen molar-refractivity contribution in [1.82, 2.24) is 14.9 Å². The van der Waals surface area contributed by atoms with Gasteiger partial charge in [-0.1, -0.05) is 18.7 Å². The molecule has 1 N–H and O–H groups in total. The van der Waals surface area contributed by atoms with Crippen molar-refractivity contribution < 1.29 is 14.6 Å². The minimum absolute atomic E-state index is 0.182. The molecular weight excluding hydrogens is 406 g/mol. The van der Waals surface area contributed by atoms with Crippen LogP contribution in [0.3, 0.4) is 0 Å². The number of benzene rings is 1. The normalized spacial score (nSPS) is 16.1. The quantitative estimate of drug-likeness (QED) is 0.715. The molecule has 0 saturated carbocycles. The van der Waals surface area contributed by atoms with Gasteiger partial charge in [-0.15, -0.1) is 0 Å². The summed E-state index contributed by atoms with van der Waals surface area (Å²) in [5.74, 6) is 0.721. The highest BCUT2D eigenvalue weighted by atomic mass is 16.5. The number of aryl methyl sites for hydroxylation is 1. The van der Waals surface area contributed by atoms with E-state index in [0.29, 0.717) is 38.7 Å². The molecule has 170 valence electrons. The van der Waals surface area contributed by atoms with E-state index >= 15 is 0 Å². The van der Waals surface area contributed by atoms with E-state index < -0.39 is 0 Å². The SMILES string of the molecule is C=C(CO)C(=O)N1CCN(c2nc(OC)nc3c2CCN(c2cccc(C)c2C)C3)CC1. The molecule has 1 aromatic carbocycles. The molecule has 1 saturated heterocycles. The van der Waals surface area contributed by atoms with Gasteiger partial charge in [0, 0.05) is 49.5 Å². The topological polar surface area (TPSA) is 82.0 Å². The number of aromatic nitrogens is 2. The van der Waals surface area contributed by atoms with Gasteiger partial charge in [0.15, 0.2) is 0 Å². The molecule has 0 aliphatic carbocycles. The summed E-state index contributed by atoms with van der Waals surface area (Å²) in [6.07, 6.45) is 0.850. The highest BCUT2D eigenvalue weighted by Gasteiger charge is 2.29. The Kier molecular flexibility index (Phi) is 6.32. The number of carbonyl (C=O) groups excluding carboxylic acids is 1. The molecule has 1 aromatic heterocycles. The van der Waals surface area contributed by atoms with E-state index in [0.717, 1.165) is 30.0 Å². The van der Waals surface area contributed by atoms with Gasteiger partial charge in [-0.25, -0.2) is 0 Å². The number of ether oxygens (including phenoxy) is 1. The number of aliphatic hydroxyl groups is 1. The fourth-order valence-corrected chi connectivity index (χ4v) is 4.44. The molecule has 0 unspecified atom stereocenters. The Bertz CT molecular complexity index is 1030. The predicted octanol–water partition coefficient (Wildman–Crippen LogP) is 1.86. The summed E-state index contributed by atoms with van der Waals surface area (Å²) in [5, 5.41) is 9.20. The van der Waals surface area contributed by atoms with Crippen LogP contribution in [0.4, 0.5) is 11.5 Å². The Morgan fingerprint density at radius 1 is 1.12 bits per heavy atom. The molecule has 2 aromatic rings. The van der Waals surface area contributed by atoms with Crippen LogP contribution in [0.15, 0.2) is 30.4 Å². The van der Waals surface area contributed by atoms with E-state index in [-0.39, 0.29) is 18.1 Å². The van der Waals surface area contributed by atoms with E-state index in [1.807, 2.05) is 0 Å². The summed E-state index contributed by atoms with van der Waals surface area (Å²) in [7, 11) is 1.59. The molecule has 2 aliphatic rings. The zero-order valence-electron chi connectivity index (χ0n) is 19.1. The summed E-state index contributed by atoms with van der Waals surface area (Å²) in [6, 6.07) is 6.78. The molecule has 2 aliphatic heterocycles. The number of methoxy groups -OCH3 is 1. The van der Waals surface area contributed by atoms with Crippen molar-refractivity contribution in [2.45, 2.75) is 26.8 Å². The molecule has 32 heavy (non-hydrogen) atoms. The Balaban J connectivity index is 1.57. The van der Waals surface area contributed by atoms with E-state index in [2.05, 4.69) is 53.4 Å². The third-order valence-corrected chi connectivity index (χ3v) is 6.48. The summed E-state index contributed by atoms with van der Waals surface area (Å²) < 4.78 is 5.43. The number of piperazine rings is 1. The molecule has 0 bridgehead atoms. The van der Waals surface area contributed by atoms with Gasteiger partial charge < -0.3 is 24.5 Å². The first kappa shape index (κ1) is 22.1. The lowest BCUT2D eigenvalue weighted by atomic mass is 10.0. The predicted molar refractivity (Wildman–Crippen MR) is 124 cm³/mol. The fraction of sp³-hybridized carbons (Fsp3) is 0.458. The number of rotatable bonds is 5. The molecule has 3 heterocycles. The number of hydrogen-bond acceptors (Lipinski definition) is 7. The van der Waals surface area contributed by atoms with E-state index in [9.17, 15) is 9.90 Å². The molecule has 0 spiro atoms. The first-order chi connectivity index (χ1) is 15.4. The maximum atomic E-state index is 12.3. The molecule has 0 radical (unpaired) electrons. The molecule has 1 fully saturated rings. The van der Waals surface area contributed by atoms with Crippen LogP contribution in [-0.2, 0) is 17.8 Å². The molecule has 8 heteroatoms. The number of amides is 1. The molecule has 1 amide bonds. The fourth-order valence-electron chi connectivity index (χ4n) is 4.44. The van der Waals surface area contributed by atoms with Crippen molar-refractivity contribution >= 4 is 17.4 Å². The standard InChI is InChI=1S/C24H31N5O3/c1-16-6-5-7-21(18(16)3)29-9-8-19-20(14-29)25-24(32-4)26-22(19)27-10-12-28(13-11-27)23(31)17(2)15-30/h5-7,30H,2,8-15H2,1,3-4H3. The smallest absolute Gasteiger partial charge is 0.318 e. The Morgan fingerprint density at radius 2 is 1.88 bits per heavy atom. The van der Waals surface area contributed by atoms with Crippen molar-refractivity contribution in [2.75, 3.05) is 56.2 Å². The minimum Gasteiger partial charge on any atom is -0.467 e. The Labute approximate surface area is 189 Å². The van der Waals surface area contributed by atoms with Gasteiger partial charge in [-0.05, 0) is 37.5 Å². The van der Waals surface area contributed by atoms with Gasteiger partial charge in [-0.2, -0.15) is 9.97 Å². The lowest BCUT2D eigenvalue weighted by Gasteiger charge is -2.38. The number of hydrogen-bond donors (Lipinski definition) is 1. The zero-order chi connectivity index (χ0) is 22.8. The highest BCUT2D eigenvalue weighted by molar-refractivity contribution is 5.93. The Hall–Kier alpha value is -3.13. The van der Waals surface area contributed by atoms with Gasteiger partial charge in [0.2, 0.25) is 0 Å². The highest BCUT2D eigenvalue weighted by Crippen LogP contribution is 2.33. The maximum absolute atomic E-state index is 12.3. The van der Waals surface area contributed by atoms with Crippen LogP contribution in [0.5, 0.6) is 6.01 Å². The Morgan fingerprint density at radius 3 is 2.56 bits per heavy atom. The number of fused-ring (bicyclic) bond motifs is 1. The zero-order valence-corrected chi connectivity index (χ0v) is 19.1. The van der Waals surface area contributed by atoms with Crippen LogP contribution < -0.4 is 14.5 Å². The van der Waals surface area contributed by atoms with E-state index in [4.69, 9.17) is 9.72 Å². The third-order valence-electron chi connectivity index (χ3n) is 6.48. The molecule has 0 atom stereocenters.